The van der Waals surface area contributed by atoms with Gasteiger partial charge >= 0.3 is 5.69 Å². The zero-order chi connectivity index (χ0) is 12.6. The van der Waals surface area contributed by atoms with Crippen molar-refractivity contribution in [1.29, 1.82) is 0 Å². The van der Waals surface area contributed by atoms with Crippen molar-refractivity contribution >= 4 is 17.7 Å². The molecule has 1 aliphatic rings. The predicted octanol–water partition coefficient (Wildman–Crippen LogP) is 0.760. The van der Waals surface area contributed by atoms with E-state index in [0.29, 0.717) is 5.82 Å². The third-order valence-corrected chi connectivity index (χ3v) is 3.37. The summed E-state index contributed by atoms with van der Waals surface area (Å²) >= 11 is 0. The Bertz CT molecular complexity index is 578. The molecular weight excluding hydrogens is 220 g/mol. The van der Waals surface area contributed by atoms with Gasteiger partial charge in [0.05, 0.1) is 5.54 Å². The van der Waals surface area contributed by atoms with Gasteiger partial charge in [-0.05, 0) is 12.8 Å². The van der Waals surface area contributed by atoms with Crippen molar-refractivity contribution in [2.24, 2.45) is 12.0 Å². The molecule has 17 heavy (non-hydrogen) atoms. The lowest BCUT2D eigenvalue weighted by molar-refractivity contribution is 0.567. The molecule has 6 heteroatoms. The molecule has 1 aromatic heterocycles. The van der Waals surface area contributed by atoms with Crippen LogP contribution in [0.5, 0.6) is 0 Å². The number of rotatable bonds is 2. The van der Waals surface area contributed by atoms with E-state index < -0.39 is 11.2 Å². The molecule has 0 aromatic carbocycles. The number of fused-ring (bicyclic) bond motifs is 1. The smallest absolute Gasteiger partial charge is 0.329 e. The quantitative estimate of drug-likeness (QED) is 0.795. The van der Waals surface area contributed by atoms with Gasteiger partial charge in [0.2, 0.25) is 0 Å². The fourth-order valence-corrected chi connectivity index (χ4v) is 1.94. The highest BCUT2D eigenvalue weighted by molar-refractivity contribution is 5.84. The van der Waals surface area contributed by atoms with Crippen molar-refractivity contribution in [3.05, 3.63) is 20.8 Å². The summed E-state index contributed by atoms with van der Waals surface area (Å²) < 4.78 is 1.38. The molecule has 1 aliphatic heterocycles. The van der Waals surface area contributed by atoms with Crippen molar-refractivity contribution in [1.82, 2.24) is 9.55 Å². The first-order valence-electron chi connectivity index (χ1n) is 5.69. The average molecular weight is 236 g/mol. The molecule has 0 unspecified atom stereocenters. The normalized spacial score (nSPS) is 16.4. The van der Waals surface area contributed by atoms with Gasteiger partial charge in [0.1, 0.15) is 5.82 Å². The summed E-state index contributed by atoms with van der Waals surface area (Å²) in [7, 11) is 1.61. The van der Waals surface area contributed by atoms with Crippen LogP contribution < -0.4 is 16.6 Å². The molecule has 6 nitrogen and oxygen atoms in total. The predicted molar refractivity (Wildman–Crippen MR) is 67.4 cm³/mol. The molecule has 2 heterocycles. The minimum Gasteiger partial charge on any atom is -0.359 e. The van der Waals surface area contributed by atoms with Crippen LogP contribution in [0.1, 0.15) is 26.7 Å². The van der Waals surface area contributed by atoms with Gasteiger partial charge in [-0.2, -0.15) is 0 Å². The number of H-pyrrole nitrogens is 1. The molecule has 0 bridgehead atoms. The molecule has 2 N–H and O–H groups in total. The zero-order valence-corrected chi connectivity index (χ0v) is 10.2. The van der Waals surface area contributed by atoms with E-state index in [1.807, 2.05) is 13.8 Å². The van der Waals surface area contributed by atoms with E-state index in [1.165, 1.54) is 4.57 Å². The largest absolute Gasteiger partial charge is 0.359 e. The number of hydrogen-bond acceptors (Lipinski definition) is 4. The Morgan fingerprint density at radius 1 is 1.35 bits per heavy atom. The summed E-state index contributed by atoms with van der Waals surface area (Å²) in [5.74, 6) is 0.491. The van der Waals surface area contributed by atoms with Gasteiger partial charge in [-0.15, -0.1) is 0 Å². The van der Waals surface area contributed by atoms with E-state index >= 15 is 0 Å². The van der Waals surface area contributed by atoms with Crippen LogP contribution in [0.15, 0.2) is 14.6 Å². The van der Waals surface area contributed by atoms with Gasteiger partial charge in [0, 0.05) is 13.3 Å². The second-order valence-corrected chi connectivity index (χ2v) is 4.26. The lowest BCUT2D eigenvalue weighted by Gasteiger charge is -2.33. The van der Waals surface area contributed by atoms with Crippen LogP contribution in [0.2, 0.25) is 0 Å². The number of aromatic amines is 1. The molecule has 0 saturated heterocycles. The molecule has 0 radical (unpaired) electrons. The molecule has 2 rings (SSSR count). The second kappa shape index (κ2) is 3.87. The first-order valence-corrected chi connectivity index (χ1v) is 5.69. The molecule has 0 amide bonds. The van der Waals surface area contributed by atoms with E-state index in [-0.39, 0.29) is 11.2 Å². The fourth-order valence-electron chi connectivity index (χ4n) is 1.94. The maximum absolute atomic E-state index is 11.6. The number of nitrogens with zero attached hydrogens (tertiary/aromatic N) is 2. The maximum atomic E-state index is 11.6. The highest BCUT2D eigenvalue weighted by Crippen LogP contribution is 2.29. The summed E-state index contributed by atoms with van der Waals surface area (Å²) in [6.45, 7) is 4.08. The highest BCUT2D eigenvalue weighted by Gasteiger charge is 2.30. The van der Waals surface area contributed by atoms with Crippen LogP contribution in [0.25, 0.3) is 0 Å². The maximum Gasteiger partial charge on any atom is 0.329 e. The van der Waals surface area contributed by atoms with Crippen LogP contribution >= 0.6 is 0 Å². The average Bonchev–Trinajstić information content (AvgIpc) is 2.35. The number of anilines is 1. The van der Waals surface area contributed by atoms with E-state index in [2.05, 4.69) is 15.3 Å². The van der Waals surface area contributed by atoms with Crippen LogP contribution in [0.4, 0.5) is 11.5 Å². The molecule has 0 fully saturated rings. The third-order valence-electron chi connectivity index (χ3n) is 3.37. The Morgan fingerprint density at radius 3 is 2.59 bits per heavy atom. The van der Waals surface area contributed by atoms with E-state index in [9.17, 15) is 9.59 Å². The summed E-state index contributed by atoms with van der Waals surface area (Å²) in [6.07, 6.45) is 3.44. The fraction of sp³-hybridized carbons (Fsp3) is 0.545. The van der Waals surface area contributed by atoms with Gasteiger partial charge in [-0.1, -0.05) is 13.8 Å². The van der Waals surface area contributed by atoms with Crippen molar-refractivity contribution in [3.8, 4) is 0 Å². The van der Waals surface area contributed by atoms with Crippen molar-refractivity contribution in [2.75, 3.05) is 5.32 Å². The summed E-state index contributed by atoms with van der Waals surface area (Å²) in [4.78, 5) is 29.5. The molecule has 0 aliphatic carbocycles. The van der Waals surface area contributed by atoms with E-state index in [0.717, 1.165) is 12.8 Å². The minimum absolute atomic E-state index is 0.268. The number of nitrogens with one attached hydrogen (secondary N) is 2. The highest BCUT2D eigenvalue weighted by atomic mass is 16.2. The molecule has 0 saturated carbocycles. The third kappa shape index (κ3) is 1.69. The van der Waals surface area contributed by atoms with E-state index in [1.54, 1.807) is 13.3 Å². The first kappa shape index (κ1) is 11.6. The Kier molecular flexibility index (Phi) is 2.65. The van der Waals surface area contributed by atoms with Crippen molar-refractivity contribution in [3.63, 3.8) is 0 Å². The Morgan fingerprint density at radius 2 is 2.00 bits per heavy atom. The Hall–Kier alpha value is -1.85. The Balaban J connectivity index is 2.66. The van der Waals surface area contributed by atoms with Crippen LogP contribution in [-0.4, -0.2) is 21.3 Å². The molecule has 92 valence electrons. The summed E-state index contributed by atoms with van der Waals surface area (Å²) in [5, 5.41) is 3.25. The van der Waals surface area contributed by atoms with Gasteiger partial charge in [0.25, 0.3) is 5.56 Å². The van der Waals surface area contributed by atoms with Crippen molar-refractivity contribution in [2.45, 2.75) is 32.2 Å². The van der Waals surface area contributed by atoms with Gasteiger partial charge in [0.15, 0.2) is 5.69 Å². The van der Waals surface area contributed by atoms with Crippen LogP contribution in [-0.2, 0) is 7.05 Å². The van der Waals surface area contributed by atoms with Gasteiger partial charge in [-0.3, -0.25) is 14.3 Å². The molecule has 1 aromatic rings. The van der Waals surface area contributed by atoms with Gasteiger partial charge < -0.3 is 5.32 Å². The zero-order valence-electron chi connectivity index (χ0n) is 10.2. The first-order chi connectivity index (χ1) is 8.03. The Labute approximate surface area is 98.4 Å². The van der Waals surface area contributed by atoms with Crippen LogP contribution in [0, 0.1) is 0 Å². The summed E-state index contributed by atoms with van der Waals surface area (Å²) in [6, 6.07) is 0. The SMILES string of the molecule is CCC1(CC)C=Nc2c(n(C)c(=O)[nH]c2=O)N1. The van der Waals surface area contributed by atoms with Crippen LogP contribution in [0.3, 0.4) is 0 Å². The molecular formula is C11H16N4O2. The van der Waals surface area contributed by atoms with Gasteiger partial charge in [-0.25, -0.2) is 9.79 Å². The topological polar surface area (TPSA) is 79.2 Å². The minimum atomic E-state index is -0.451. The number of hydrogen-bond donors (Lipinski definition) is 2. The number of aromatic nitrogens is 2. The van der Waals surface area contributed by atoms with Crippen molar-refractivity contribution < 1.29 is 0 Å². The summed E-state index contributed by atoms with van der Waals surface area (Å²) in [5.41, 5.74) is -0.887. The number of aliphatic imine (C=N–C) groups is 1. The molecule has 0 atom stereocenters. The van der Waals surface area contributed by atoms with E-state index in [4.69, 9.17) is 0 Å². The second-order valence-electron chi connectivity index (χ2n) is 4.26. The lowest BCUT2D eigenvalue weighted by Crippen LogP contribution is -2.44. The standard InChI is InChI=1S/C11H16N4O2/c1-4-11(5-2)6-12-7-8(14-11)15(3)10(17)13-9(7)16/h6,14H,4-5H2,1-3H3,(H,13,16,17). The lowest BCUT2D eigenvalue weighted by atomic mass is 9.93. The molecule has 0 spiro atoms. The monoisotopic (exact) mass is 236 g/mol.